The summed E-state index contributed by atoms with van der Waals surface area (Å²) in [5.74, 6) is 2.03. The maximum atomic E-state index is 12.1. The van der Waals surface area contributed by atoms with Gasteiger partial charge in [0, 0.05) is 24.6 Å². The summed E-state index contributed by atoms with van der Waals surface area (Å²) in [6, 6.07) is 5.91. The van der Waals surface area contributed by atoms with Crippen molar-refractivity contribution in [1.29, 1.82) is 0 Å². The van der Waals surface area contributed by atoms with Gasteiger partial charge in [-0.1, -0.05) is 12.1 Å². The van der Waals surface area contributed by atoms with Crippen molar-refractivity contribution in [3.8, 4) is 5.75 Å². The highest BCUT2D eigenvalue weighted by Crippen LogP contribution is 2.21. The van der Waals surface area contributed by atoms with Gasteiger partial charge < -0.3 is 15.0 Å². The summed E-state index contributed by atoms with van der Waals surface area (Å²) < 4.78 is 40.9. The highest BCUT2D eigenvalue weighted by molar-refractivity contribution is 7.99. The molecule has 1 fully saturated rings. The van der Waals surface area contributed by atoms with Crippen molar-refractivity contribution in [1.82, 2.24) is 10.2 Å². The quantitative estimate of drug-likeness (QED) is 0.906. The number of benzene rings is 1. The van der Waals surface area contributed by atoms with Crippen molar-refractivity contribution in [2.45, 2.75) is 19.1 Å². The molecule has 1 saturated heterocycles. The number of thioether (sulfide) groups is 1. The SMILES string of the molecule is CC(NC(=O)N1CCSCC1)c1ccc(OCC(F)(F)F)cc1. The first-order valence-corrected chi connectivity index (χ1v) is 8.43. The molecule has 128 valence electrons. The molecule has 1 heterocycles. The molecule has 0 radical (unpaired) electrons. The molecule has 0 aliphatic carbocycles. The van der Waals surface area contributed by atoms with Gasteiger partial charge in [0.05, 0.1) is 6.04 Å². The van der Waals surface area contributed by atoms with Crippen LogP contribution in [0.3, 0.4) is 0 Å². The molecule has 2 rings (SSSR count). The van der Waals surface area contributed by atoms with Crippen LogP contribution in [0.2, 0.25) is 0 Å². The van der Waals surface area contributed by atoms with Gasteiger partial charge in [0.2, 0.25) is 0 Å². The van der Waals surface area contributed by atoms with E-state index >= 15 is 0 Å². The fourth-order valence-corrected chi connectivity index (χ4v) is 3.05. The fourth-order valence-electron chi connectivity index (χ4n) is 2.14. The van der Waals surface area contributed by atoms with Crippen LogP contribution in [-0.4, -0.2) is 48.3 Å². The second-order valence-corrected chi connectivity index (χ2v) is 6.47. The van der Waals surface area contributed by atoms with E-state index in [2.05, 4.69) is 10.1 Å². The zero-order valence-corrected chi connectivity index (χ0v) is 13.5. The lowest BCUT2D eigenvalue weighted by Gasteiger charge is -2.28. The predicted molar refractivity (Wildman–Crippen MR) is 83.8 cm³/mol. The first kappa shape index (κ1) is 17.8. The Hall–Kier alpha value is -1.57. The van der Waals surface area contributed by atoms with Crippen molar-refractivity contribution in [2.24, 2.45) is 0 Å². The van der Waals surface area contributed by atoms with E-state index < -0.39 is 12.8 Å². The molecular formula is C15H19F3N2O2S. The van der Waals surface area contributed by atoms with Crippen LogP contribution in [0, 0.1) is 0 Å². The molecule has 1 atom stereocenters. The molecule has 1 aromatic rings. The predicted octanol–water partition coefficient (Wildman–Crippen LogP) is 3.45. The molecule has 0 aromatic heterocycles. The summed E-state index contributed by atoms with van der Waals surface area (Å²) in [5.41, 5.74) is 0.809. The lowest BCUT2D eigenvalue weighted by molar-refractivity contribution is -0.153. The minimum absolute atomic E-state index is 0.116. The number of nitrogens with zero attached hydrogens (tertiary/aromatic N) is 1. The molecule has 1 N–H and O–H groups in total. The van der Waals surface area contributed by atoms with E-state index in [0.29, 0.717) is 0 Å². The molecule has 4 nitrogen and oxygen atoms in total. The Balaban J connectivity index is 1.86. The van der Waals surface area contributed by atoms with Gasteiger partial charge in [-0.2, -0.15) is 24.9 Å². The maximum Gasteiger partial charge on any atom is 0.422 e. The molecule has 0 spiro atoms. The lowest BCUT2D eigenvalue weighted by atomic mass is 10.1. The number of carbonyl (C=O) groups excluding carboxylic acids is 1. The van der Waals surface area contributed by atoms with Crippen LogP contribution in [0.15, 0.2) is 24.3 Å². The summed E-state index contributed by atoms with van der Waals surface area (Å²) in [6.45, 7) is 1.98. The monoisotopic (exact) mass is 348 g/mol. The van der Waals surface area contributed by atoms with E-state index in [-0.39, 0.29) is 17.8 Å². The topological polar surface area (TPSA) is 41.6 Å². The molecule has 1 aromatic carbocycles. The second kappa shape index (κ2) is 7.81. The molecule has 1 aliphatic rings. The first-order valence-electron chi connectivity index (χ1n) is 7.28. The fraction of sp³-hybridized carbons (Fsp3) is 0.533. The average molecular weight is 348 g/mol. The Morgan fingerprint density at radius 1 is 1.30 bits per heavy atom. The van der Waals surface area contributed by atoms with Gasteiger partial charge in [-0.25, -0.2) is 4.79 Å². The van der Waals surface area contributed by atoms with Crippen LogP contribution in [0.5, 0.6) is 5.75 Å². The van der Waals surface area contributed by atoms with Crippen molar-refractivity contribution in [3.05, 3.63) is 29.8 Å². The third-order valence-electron chi connectivity index (χ3n) is 3.42. The van der Waals surface area contributed by atoms with Gasteiger partial charge in [-0.3, -0.25) is 0 Å². The molecule has 8 heteroatoms. The van der Waals surface area contributed by atoms with Crippen LogP contribution in [0.25, 0.3) is 0 Å². The van der Waals surface area contributed by atoms with Crippen molar-refractivity contribution in [2.75, 3.05) is 31.2 Å². The van der Waals surface area contributed by atoms with Crippen LogP contribution in [0.4, 0.5) is 18.0 Å². The van der Waals surface area contributed by atoms with Gasteiger partial charge in [0.25, 0.3) is 0 Å². The van der Waals surface area contributed by atoms with Crippen molar-refractivity contribution >= 4 is 17.8 Å². The molecule has 23 heavy (non-hydrogen) atoms. The molecule has 2 amide bonds. The Bertz CT molecular complexity index is 516. The number of halogens is 3. The first-order chi connectivity index (χ1) is 10.8. The number of carbonyl (C=O) groups is 1. The lowest BCUT2D eigenvalue weighted by Crippen LogP contribution is -2.45. The summed E-state index contributed by atoms with van der Waals surface area (Å²) in [5, 5.41) is 2.90. The summed E-state index contributed by atoms with van der Waals surface area (Å²) in [7, 11) is 0. The molecule has 1 unspecified atom stereocenters. The van der Waals surface area contributed by atoms with E-state index in [1.807, 2.05) is 18.7 Å². The summed E-state index contributed by atoms with van der Waals surface area (Å²) in [6.07, 6.45) is -4.35. The summed E-state index contributed by atoms with van der Waals surface area (Å²) in [4.78, 5) is 13.9. The molecule has 0 bridgehead atoms. The third-order valence-corrected chi connectivity index (χ3v) is 4.36. The molecule has 0 saturated carbocycles. The van der Waals surface area contributed by atoms with E-state index in [0.717, 1.165) is 30.2 Å². The number of nitrogens with one attached hydrogen (secondary N) is 1. The van der Waals surface area contributed by atoms with Crippen molar-refractivity contribution < 1.29 is 22.7 Å². The number of amides is 2. The normalized spacial score (nSPS) is 16.8. The van der Waals surface area contributed by atoms with Crippen LogP contribution < -0.4 is 10.1 Å². The number of ether oxygens (including phenoxy) is 1. The maximum absolute atomic E-state index is 12.1. The minimum Gasteiger partial charge on any atom is -0.484 e. The van der Waals surface area contributed by atoms with Gasteiger partial charge in [0.15, 0.2) is 6.61 Å². The number of hydrogen-bond acceptors (Lipinski definition) is 3. The third kappa shape index (κ3) is 5.85. The van der Waals surface area contributed by atoms with Gasteiger partial charge in [-0.05, 0) is 24.6 Å². The van der Waals surface area contributed by atoms with Crippen molar-refractivity contribution in [3.63, 3.8) is 0 Å². The van der Waals surface area contributed by atoms with E-state index in [9.17, 15) is 18.0 Å². The smallest absolute Gasteiger partial charge is 0.422 e. The van der Waals surface area contributed by atoms with Gasteiger partial charge >= 0.3 is 12.2 Å². The molecule has 1 aliphatic heterocycles. The molecular weight excluding hydrogens is 329 g/mol. The number of hydrogen-bond donors (Lipinski definition) is 1. The zero-order valence-electron chi connectivity index (χ0n) is 12.7. The van der Waals surface area contributed by atoms with Crippen LogP contribution in [0.1, 0.15) is 18.5 Å². The van der Waals surface area contributed by atoms with Crippen LogP contribution in [-0.2, 0) is 0 Å². The Labute approximate surface area is 137 Å². The second-order valence-electron chi connectivity index (χ2n) is 5.24. The zero-order chi connectivity index (χ0) is 16.9. The largest absolute Gasteiger partial charge is 0.484 e. The standard InChI is InChI=1S/C15H19F3N2O2S/c1-11(19-14(21)20-6-8-23-9-7-20)12-2-4-13(5-3-12)22-10-15(16,17)18/h2-5,11H,6-10H2,1H3,(H,19,21). The van der Waals surface area contributed by atoms with E-state index in [1.54, 1.807) is 17.0 Å². The van der Waals surface area contributed by atoms with E-state index in [1.165, 1.54) is 12.1 Å². The summed E-state index contributed by atoms with van der Waals surface area (Å²) >= 11 is 1.82. The number of alkyl halides is 3. The average Bonchev–Trinajstić information content (AvgIpc) is 2.53. The van der Waals surface area contributed by atoms with Crippen LogP contribution >= 0.6 is 11.8 Å². The Morgan fingerprint density at radius 2 is 1.91 bits per heavy atom. The number of urea groups is 1. The minimum atomic E-state index is -4.35. The Morgan fingerprint density at radius 3 is 2.48 bits per heavy atom. The van der Waals surface area contributed by atoms with Gasteiger partial charge in [-0.15, -0.1) is 0 Å². The highest BCUT2D eigenvalue weighted by Gasteiger charge is 2.28. The van der Waals surface area contributed by atoms with Gasteiger partial charge in [0.1, 0.15) is 5.75 Å². The number of rotatable bonds is 4. The van der Waals surface area contributed by atoms with E-state index in [4.69, 9.17) is 0 Å². The Kier molecular flexibility index (Phi) is 6.04. The highest BCUT2D eigenvalue weighted by atomic mass is 32.2.